The summed E-state index contributed by atoms with van der Waals surface area (Å²) in [7, 11) is 1.61. The Morgan fingerprint density at radius 3 is 2.65 bits per heavy atom. The van der Waals surface area contributed by atoms with Gasteiger partial charge in [0, 0.05) is 18.2 Å². The fraction of sp³-hybridized carbons (Fsp3) is 0.150. The van der Waals surface area contributed by atoms with Crippen LogP contribution in [0.25, 0.3) is 6.08 Å². The van der Waals surface area contributed by atoms with Crippen molar-refractivity contribution in [1.82, 2.24) is 20.1 Å². The molecule has 0 aliphatic carbocycles. The van der Waals surface area contributed by atoms with Crippen LogP contribution in [0.5, 0.6) is 5.75 Å². The van der Waals surface area contributed by atoms with Gasteiger partial charge in [0.15, 0.2) is 0 Å². The Bertz CT molecular complexity index is 871. The molecule has 6 nitrogen and oxygen atoms in total. The van der Waals surface area contributed by atoms with Crippen molar-refractivity contribution in [3.63, 3.8) is 0 Å². The molecule has 1 amide bonds. The summed E-state index contributed by atoms with van der Waals surface area (Å²) in [6.07, 6.45) is 6.46. The van der Waals surface area contributed by atoms with Gasteiger partial charge in [-0.05, 0) is 23.3 Å². The Balaban J connectivity index is 1.52. The lowest BCUT2D eigenvalue weighted by Crippen LogP contribution is -2.20. The van der Waals surface area contributed by atoms with Crippen molar-refractivity contribution in [2.75, 3.05) is 7.11 Å². The first-order valence-electron chi connectivity index (χ1n) is 8.24. The number of aromatic nitrogens is 3. The van der Waals surface area contributed by atoms with E-state index in [2.05, 4.69) is 15.4 Å². The van der Waals surface area contributed by atoms with Gasteiger partial charge >= 0.3 is 0 Å². The van der Waals surface area contributed by atoms with Crippen LogP contribution in [0.4, 0.5) is 0 Å². The fourth-order valence-corrected chi connectivity index (χ4v) is 2.48. The van der Waals surface area contributed by atoms with Crippen LogP contribution in [0.1, 0.15) is 16.7 Å². The molecule has 0 radical (unpaired) electrons. The van der Waals surface area contributed by atoms with E-state index in [4.69, 9.17) is 4.74 Å². The molecule has 1 heterocycles. The molecule has 0 atom stereocenters. The second kappa shape index (κ2) is 8.62. The summed E-state index contributed by atoms with van der Waals surface area (Å²) in [4.78, 5) is 15.9. The Morgan fingerprint density at radius 1 is 1.15 bits per heavy atom. The van der Waals surface area contributed by atoms with Crippen LogP contribution in [-0.2, 0) is 17.9 Å². The molecular weight excluding hydrogens is 328 g/mol. The van der Waals surface area contributed by atoms with E-state index >= 15 is 0 Å². The van der Waals surface area contributed by atoms with Gasteiger partial charge in [-0.25, -0.2) is 9.67 Å². The molecule has 6 heteroatoms. The second-order valence-corrected chi connectivity index (χ2v) is 5.70. The lowest BCUT2D eigenvalue weighted by molar-refractivity contribution is -0.116. The lowest BCUT2D eigenvalue weighted by Gasteiger charge is -2.06. The summed E-state index contributed by atoms with van der Waals surface area (Å²) in [6, 6.07) is 15.6. The van der Waals surface area contributed by atoms with Crippen molar-refractivity contribution in [2.45, 2.75) is 13.1 Å². The van der Waals surface area contributed by atoms with E-state index < -0.39 is 0 Å². The largest absolute Gasteiger partial charge is 0.496 e. The number of nitrogens with zero attached hydrogens (tertiary/aromatic N) is 3. The topological polar surface area (TPSA) is 69.0 Å². The van der Waals surface area contributed by atoms with Crippen LogP contribution in [0.3, 0.4) is 0 Å². The van der Waals surface area contributed by atoms with Gasteiger partial charge in [-0.1, -0.05) is 42.5 Å². The normalized spacial score (nSPS) is 10.8. The first-order valence-corrected chi connectivity index (χ1v) is 8.24. The number of ether oxygens (including phenoxy) is 1. The fourth-order valence-electron chi connectivity index (χ4n) is 2.48. The van der Waals surface area contributed by atoms with Crippen molar-refractivity contribution in [3.05, 3.63) is 84.0 Å². The maximum atomic E-state index is 12.0. The zero-order chi connectivity index (χ0) is 18.2. The van der Waals surface area contributed by atoms with Gasteiger partial charge in [-0.15, -0.1) is 0 Å². The molecule has 0 saturated carbocycles. The number of hydrogen-bond acceptors (Lipinski definition) is 4. The Kier molecular flexibility index (Phi) is 5.77. The predicted molar refractivity (Wildman–Crippen MR) is 99.4 cm³/mol. The molecule has 0 aliphatic heterocycles. The van der Waals surface area contributed by atoms with E-state index in [1.165, 1.54) is 12.4 Å². The first kappa shape index (κ1) is 17.4. The number of methoxy groups -OCH3 is 1. The van der Waals surface area contributed by atoms with Crippen molar-refractivity contribution in [2.24, 2.45) is 0 Å². The number of carbonyl (C=O) groups is 1. The number of carbonyl (C=O) groups excluding carboxylic acids is 1. The van der Waals surface area contributed by atoms with Crippen molar-refractivity contribution in [3.8, 4) is 5.75 Å². The minimum absolute atomic E-state index is 0.150. The average molecular weight is 348 g/mol. The summed E-state index contributed by atoms with van der Waals surface area (Å²) in [6.45, 7) is 1.15. The first-order chi connectivity index (χ1) is 12.7. The zero-order valence-corrected chi connectivity index (χ0v) is 14.5. The van der Waals surface area contributed by atoms with E-state index in [1.807, 2.05) is 48.5 Å². The lowest BCUT2D eigenvalue weighted by atomic mass is 10.1. The molecule has 0 bridgehead atoms. The number of para-hydroxylation sites is 1. The predicted octanol–water partition coefficient (Wildman–Crippen LogP) is 2.66. The highest BCUT2D eigenvalue weighted by Crippen LogP contribution is 2.18. The molecule has 2 aromatic carbocycles. The van der Waals surface area contributed by atoms with Gasteiger partial charge in [0.25, 0.3) is 0 Å². The summed E-state index contributed by atoms with van der Waals surface area (Å²) >= 11 is 0. The van der Waals surface area contributed by atoms with Crippen molar-refractivity contribution < 1.29 is 9.53 Å². The van der Waals surface area contributed by atoms with Crippen LogP contribution in [0.2, 0.25) is 0 Å². The zero-order valence-electron chi connectivity index (χ0n) is 14.5. The van der Waals surface area contributed by atoms with E-state index in [0.29, 0.717) is 13.1 Å². The van der Waals surface area contributed by atoms with Gasteiger partial charge in [0.1, 0.15) is 18.4 Å². The monoisotopic (exact) mass is 348 g/mol. The highest BCUT2D eigenvalue weighted by Gasteiger charge is 2.01. The number of hydrogen-bond donors (Lipinski definition) is 1. The van der Waals surface area contributed by atoms with Gasteiger partial charge < -0.3 is 10.1 Å². The highest BCUT2D eigenvalue weighted by molar-refractivity contribution is 5.92. The maximum absolute atomic E-state index is 12.0. The van der Waals surface area contributed by atoms with E-state index in [1.54, 1.807) is 24.2 Å². The molecule has 0 fully saturated rings. The smallest absolute Gasteiger partial charge is 0.244 e. The highest BCUT2D eigenvalue weighted by atomic mass is 16.5. The summed E-state index contributed by atoms with van der Waals surface area (Å²) < 4.78 is 7.03. The molecule has 132 valence electrons. The Morgan fingerprint density at radius 2 is 1.92 bits per heavy atom. The summed E-state index contributed by atoms with van der Waals surface area (Å²) in [5.41, 5.74) is 3.02. The second-order valence-electron chi connectivity index (χ2n) is 5.70. The third-order valence-corrected chi connectivity index (χ3v) is 3.85. The average Bonchev–Trinajstić information content (AvgIpc) is 3.19. The van der Waals surface area contributed by atoms with Gasteiger partial charge in [0.2, 0.25) is 5.91 Å². The standard InChI is InChI=1S/C20H20N4O2/c1-26-19-5-3-2-4-18(19)10-11-20(25)22-12-16-6-8-17(9-7-16)13-24-15-21-14-23-24/h2-11,14-15H,12-13H2,1H3,(H,22,25)/b11-10+. The molecule has 26 heavy (non-hydrogen) atoms. The minimum Gasteiger partial charge on any atom is -0.496 e. The van der Waals surface area contributed by atoms with Crippen LogP contribution < -0.4 is 10.1 Å². The molecule has 0 aliphatic rings. The molecule has 3 rings (SSSR count). The van der Waals surface area contributed by atoms with E-state index in [-0.39, 0.29) is 5.91 Å². The number of nitrogens with one attached hydrogen (secondary N) is 1. The van der Waals surface area contributed by atoms with Crippen LogP contribution in [-0.4, -0.2) is 27.8 Å². The van der Waals surface area contributed by atoms with Crippen LogP contribution in [0.15, 0.2) is 67.3 Å². The van der Waals surface area contributed by atoms with Gasteiger partial charge in [0.05, 0.1) is 13.7 Å². The molecule has 1 aromatic heterocycles. The number of amides is 1. The minimum atomic E-state index is -0.150. The SMILES string of the molecule is COc1ccccc1/C=C/C(=O)NCc1ccc(Cn2cncn2)cc1. The third kappa shape index (κ3) is 4.80. The molecule has 3 aromatic rings. The summed E-state index contributed by atoms with van der Waals surface area (Å²) in [5, 5.41) is 6.96. The van der Waals surface area contributed by atoms with Crippen LogP contribution in [0, 0.1) is 0 Å². The van der Waals surface area contributed by atoms with Gasteiger partial charge in [-0.3, -0.25) is 4.79 Å². The number of benzene rings is 2. The Hall–Kier alpha value is -3.41. The van der Waals surface area contributed by atoms with Crippen molar-refractivity contribution in [1.29, 1.82) is 0 Å². The quantitative estimate of drug-likeness (QED) is 0.667. The number of rotatable bonds is 7. The van der Waals surface area contributed by atoms with E-state index in [9.17, 15) is 4.79 Å². The third-order valence-electron chi connectivity index (χ3n) is 3.85. The molecule has 0 saturated heterocycles. The maximum Gasteiger partial charge on any atom is 0.244 e. The van der Waals surface area contributed by atoms with Crippen LogP contribution >= 0.6 is 0 Å². The van der Waals surface area contributed by atoms with Crippen molar-refractivity contribution >= 4 is 12.0 Å². The molecular formula is C20H20N4O2. The van der Waals surface area contributed by atoms with Gasteiger partial charge in [-0.2, -0.15) is 5.10 Å². The molecule has 1 N–H and O–H groups in total. The Labute approximate surface area is 152 Å². The molecule has 0 spiro atoms. The summed E-state index contributed by atoms with van der Waals surface area (Å²) in [5.74, 6) is 0.585. The van der Waals surface area contributed by atoms with E-state index in [0.717, 1.165) is 22.4 Å². The molecule has 0 unspecified atom stereocenters.